The molecule has 2 aliphatic rings. The highest BCUT2D eigenvalue weighted by Crippen LogP contribution is 2.34. The highest BCUT2D eigenvalue weighted by molar-refractivity contribution is 14.0. The van der Waals surface area contributed by atoms with Crippen molar-refractivity contribution >= 4 is 29.9 Å². The third kappa shape index (κ3) is 6.60. The quantitative estimate of drug-likeness (QED) is 0.393. The van der Waals surface area contributed by atoms with Gasteiger partial charge in [-0.25, -0.2) is 0 Å². The van der Waals surface area contributed by atoms with Crippen LogP contribution in [-0.2, 0) is 0 Å². The molecule has 0 amide bonds. The summed E-state index contributed by atoms with van der Waals surface area (Å²) < 4.78 is 0. The summed E-state index contributed by atoms with van der Waals surface area (Å²) >= 11 is 0. The highest BCUT2D eigenvalue weighted by Gasteiger charge is 2.36. The molecule has 4 nitrogen and oxygen atoms in total. The van der Waals surface area contributed by atoms with Gasteiger partial charge in [-0.05, 0) is 37.5 Å². The first-order chi connectivity index (χ1) is 10.1. The first-order valence-corrected chi connectivity index (χ1v) is 8.84. The Balaban J connectivity index is 0.00000242. The Morgan fingerprint density at radius 3 is 2.45 bits per heavy atom. The lowest BCUT2D eigenvalue weighted by atomic mass is 10.0. The molecule has 2 rings (SSSR count). The van der Waals surface area contributed by atoms with E-state index in [-0.39, 0.29) is 24.0 Å². The van der Waals surface area contributed by atoms with Crippen LogP contribution in [-0.4, -0.2) is 49.6 Å². The van der Waals surface area contributed by atoms with E-state index in [1.165, 1.54) is 51.7 Å². The Morgan fingerprint density at radius 1 is 1.23 bits per heavy atom. The van der Waals surface area contributed by atoms with Crippen LogP contribution in [0.1, 0.15) is 52.9 Å². The van der Waals surface area contributed by atoms with E-state index in [4.69, 9.17) is 0 Å². The van der Waals surface area contributed by atoms with Crippen LogP contribution in [0.4, 0.5) is 0 Å². The van der Waals surface area contributed by atoms with Crippen LogP contribution in [0.5, 0.6) is 0 Å². The monoisotopic (exact) mass is 422 g/mol. The molecule has 0 spiro atoms. The molecule has 0 radical (unpaired) electrons. The van der Waals surface area contributed by atoms with E-state index in [9.17, 15) is 0 Å². The van der Waals surface area contributed by atoms with Crippen molar-refractivity contribution in [2.45, 2.75) is 65.0 Å². The Bertz CT molecular complexity index is 338. The van der Waals surface area contributed by atoms with Crippen molar-refractivity contribution in [1.82, 2.24) is 15.5 Å². The van der Waals surface area contributed by atoms with E-state index in [0.717, 1.165) is 17.8 Å². The fourth-order valence-corrected chi connectivity index (χ4v) is 3.43. The fraction of sp³-hybridized carbons (Fsp3) is 0.941. The molecule has 1 aliphatic heterocycles. The zero-order chi connectivity index (χ0) is 15.2. The molecule has 1 aliphatic carbocycles. The minimum Gasteiger partial charge on any atom is -0.354 e. The fourth-order valence-electron chi connectivity index (χ4n) is 3.43. The number of piperidine rings is 1. The standard InChI is InChI=1S/C17H34N4.HI/c1-5-6-14-11-16(14)20-17(18-4)19-15-7-9-21(10-8-15)12-13(2)3;/h13-16H,5-12H2,1-4H3,(H2,18,19,20);1H. The second-order valence-electron chi connectivity index (χ2n) is 7.22. The molecule has 0 aromatic rings. The number of guanidine groups is 1. The van der Waals surface area contributed by atoms with Crippen molar-refractivity contribution in [2.24, 2.45) is 16.8 Å². The van der Waals surface area contributed by atoms with Crippen molar-refractivity contribution < 1.29 is 0 Å². The molecule has 5 heteroatoms. The molecule has 1 heterocycles. The van der Waals surface area contributed by atoms with Gasteiger partial charge < -0.3 is 15.5 Å². The van der Waals surface area contributed by atoms with Gasteiger partial charge in [-0.1, -0.05) is 27.2 Å². The maximum Gasteiger partial charge on any atom is 0.191 e. The van der Waals surface area contributed by atoms with Gasteiger partial charge in [-0.3, -0.25) is 4.99 Å². The number of hydrogen-bond donors (Lipinski definition) is 2. The summed E-state index contributed by atoms with van der Waals surface area (Å²) in [7, 11) is 1.89. The third-order valence-corrected chi connectivity index (χ3v) is 4.68. The number of aliphatic imine (C=N–C) groups is 1. The number of likely N-dealkylation sites (tertiary alicyclic amines) is 1. The predicted octanol–water partition coefficient (Wildman–Crippen LogP) is 3.08. The topological polar surface area (TPSA) is 39.7 Å². The zero-order valence-corrected chi connectivity index (χ0v) is 17.1. The van der Waals surface area contributed by atoms with Gasteiger partial charge >= 0.3 is 0 Å². The van der Waals surface area contributed by atoms with E-state index in [1.807, 2.05) is 7.05 Å². The second kappa shape index (κ2) is 9.96. The molecule has 130 valence electrons. The number of hydrogen-bond acceptors (Lipinski definition) is 2. The number of halogens is 1. The van der Waals surface area contributed by atoms with Gasteiger partial charge in [0.2, 0.25) is 0 Å². The van der Waals surface area contributed by atoms with Crippen LogP contribution in [0.25, 0.3) is 0 Å². The summed E-state index contributed by atoms with van der Waals surface area (Å²) in [6.07, 6.45) is 6.43. The highest BCUT2D eigenvalue weighted by atomic mass is 127. The summed E-state index contributed by atoms with van der Waals surface area (Å²) in [5, 5.41) is 7.22. The van der Waals surface area contributed by atoms with Crippen LogP contribution in [0.2, 0.25) is 0 Å². The minimum absolute atomic E-state index is 0. The third-order valence-electron chi connectivity index (χ3n) is 4.68. The minimum atomic E-state index is 0. The molecule has 1 saturated carbocycles. The van der Waals surface area contributed by atoms with Crippen LogP contribution in [0, 0.1) is 11.8 Å². The lowest BCUT2D eigenvalue weighted by Gasteiger charge is -2.34. The molecule has 1 saturated heterocycles. The Morgan fingerprint density at radius 2 is 1.91 bits per heavy atom. The zero-order valence-electron chi connectivity index (χ0n) is 14.8. The average Bonchev–Trinajstić information content (AvgIpc) is 3.18. The van der Waals surface area contributed by atoms with Crippen molar-refractivity contribution in [1.29, 1.82) is 0 Å². The molecular formula is C17H35IN4. The summed E-state index contributed by atoms with van der Waals surface area (Å²) in [4.78, 5) is 7.00. The smallest absolute Gasteiger partial charge is 0.191 e. The number of rotatable bonds is 6. The molecule has 22 heavy (non-hydrogen) atoms. The Hall–Kier alpha value is -0.0400. The molecule has 0 bridgehead atoms. The van der Waals surface area contributed by atoms with Gasteiger partial charge in [-0.15, -0.1) is 24.0 Å². The second-order valence-corrected chi connectivity index (χ2v) is 7.22. The molecule has 2 fully saturated rings. The predicted molar refractivity (Wildman–Crippen MR) is 106 cm³/mol. The van der Waals surface area contributed by atoms with E-state index in [0.29, 0.717) is 12.1 Å². The largest absolute Gasteiger partial charge is 0.354 e. The van der Waals surface area contributed by atoms with Gasteiger partial charge in [0.05, 0.1) is 0 Å². The first kappa shape index (κ1) is 20.0. The Kier molecular flexibility index (Phi) is 9.05. The van der Waals surface area contributed by atoms with Crippen LogP contribution in [0.3, 0.4) is 0 Å². The lowest BCUT2D eigenvalue weighted by molar-refractivity contribution is 0.187. The van der Waals surface area contributed by atoms with Gasteiger partial charge in [0, 0.05) is 38.8 Å². The molecule has 2 unspecified atom stereocenters. The SMILES string of the molecule is CCCC1CC1NC(=NC)NC1CCN(CC(C)C)CC1.I. The van der Waals surface area contributed by atoms with Crippen molar-refractivity contribution in [3.63, 3.8) is 0 Å². The molecule has 2 N–H and O–H groups in total. The van der Waals surface area contributed by atoms with E-state index >= 15 is 0 Å². The normalized spacial score (nSPS) is 26.7. The summed E-state index contributed by atoms with van der Waals surface area (Å²) in [6.45, 7) is 10.5. The summed E-state index contributed by atoms with van der Waals surface area (Å²) in [5.41, 5.74) is 0. The number of nitrogens with one attached hydrogen (secondary N) is 2. The number of nitrogens with zero attached hydrogens (tertiary/aromatic N) is 2. The molecule has 0 aromatic heterocycles. The summed E-state index contributed by atoms with van der Waals surface area (Å²) in [6, 6.07) is 1.25. The van der Waals surface area contributed by atoms with Gasteiger partial charge in [0.1, 0.15) is 0 Å². The molecule has 2 atom stereocenters. The first-order valence-electron chi connectivity index (χ1n) is 8.84. The average molecular weight is 422 g/mol. The van der Waals surface area contributed by atoms with Crippen LogP contribution >= 0.6 is 24.0 Å². The maximum absolute atomic E-state index is 4.41. The van der Waals surface area contributed by atoms with Crippen LogP contribution < -0.4 is 10.6 Å². The van der Waals surface area contributed by atoms with E-state index in [1.54, 1.807) is 0 Å². The lowest BCUT2D eigenvalue weighted by Crippen LogP contribution is -2.49. The molecular weight excluding hydrogens is 387 g/mol. The maximum atomic E-state index is 4.41. The van der Waals surface area contributed by atoms with Crippen molar-refractivity contribution in [3.8, 4) is 0 Å². The van der Waals surface area contributed by atoms with Gasteiger partial charge in [0.25, 0.3) is 0 Å². The summed E-state index contributed by atoms with van der Waals surface area (Å²) in [5.74, 6) is 2.66. The Labute approximate surface area is 153 Å². The van der Waals surface area contributed by atoms with E-state index < -0.39 is 0 Å². The van der Waals surface area contributed by atoms with Gasteiger partial charge in [0.15, 0.2) is 5.96 Å². The molecule has 0 aromatic carbocycles. The van der Waals surface area contributed by atoms with Gasteiger partial charge in [-0.2, -0.15) is 0 Å². The van der Waals surface area contributed by atoms with Crippen molar-refractivity contribution in [3.05, 3.63) is 0 Å². The van der Waals surface area contributed by atoms with Crippen molar-refractivity contribution in [2.75, 3.05) is 26.7 Å². The van der Waals surface area contributed by atoms with Crippen LogP contribution in [0.15, 0.2) is 4.99 Å². The van der Waals surface area contributed by atoms with E-state index in [2.05, 4.69) is 41.3 Å².